The van der Waals surface area contributed by atoms with Crippen molar-refractivity contribution in [3.8, 4) is 11.1 Å². The minimum Gasteiger partial charge on any atom is -0.133 e. The Morgan fingerprint density at radius 2 is 1.60 bits per heavy atom. The van der Waals surface area contributed by atoms with Crippen LogP contribution >= 0.6 is 9.24 Å². The highest BCUT2D eigenvalue weighted by Gasteiger charge is 1.99. The molecule has 0 aliphatic rings. The number of aryl methyl sites for hydroxylation is 1. The second-order valence-electron chi connectivity index (χ2n) is 3.72. The van der Waals surface area contributed by atoms with Crippen LogP contribution in [-0.4, -0.2) is 0 Å². The van der Waals surface area contributed by atoms with Crippen LogP contribution in [0.3, 0.4) is 0 Å². The standard InChI is InChI=1S/C14H15P/c1-11-4-2-3-5-14(11)13-8-6-12(10-15)7-9-13/h2-9H,10,15H2,1H3. The largest absolute Gasteiger partial charge is 0.133 e. The molecule has 0 aliphatic carbocycles. The molecule has 0 aromatic heterocycles. The zero-order chi connectivity index (χ0) is 10.7. The molecule has 0 saturated carbocycles. The number of hydrogen-bond acceptors (Lipinski definition) is 0. The maximum atomic E-state index is 2.75. The molecule has 0 amide bonds. The van der Waals surface area contributed by atoms with Crippen molar-refractivity contribution in [1.29, 1.82) is 0 Å². The molecule has 0 bridgehead atoms. The van der Waals surface area contributed by atoms with Gasteiger partial charge in [0.15, 0.2) is 0 Å². The summed E-state index contributed by atoms with van der Waals surface area (Å²) < 4.78 is 0. The van der Waals surface area contributed by atoms with Crippen LogP contribution in [0.25, 0.3) is 11.1 Å². The Bertz CT molecular complexity index is 443. The van der Waals surface area contributed by atoms with Gasteiger partial charge in [-0.25, -0.2) is 0 Å². The molecule has 0 saturated heterocycles. The lowest BCUT2D eigenvalue weighted by molar-refractivity contribution is 1.40. The van der Waals surface area contributed by atoms with E-state index in [1.165, 1.54) is 22.3 Å². The normalized spacial score (nSPS) is 10.3. The van der Waals surface area contributed by atoms with E-state index in [4.69, 9.17) is 0 Å². The molecule has 2 rings (SSSR count). The number of hydrogen-bond donors (Lipinski definition) is 0. The average Bonchev–Trinajstić information content (AvgIpc) is 2.30. The van der Waals surface area contributed by atoms with E-state index in [0.717, 1.165) is 6.16 Å². The van der Waals surface area contributed by atoms with Gasteiger partial charge in [-0.2, -0.15) is 0 Å². The molecule has 1 unspecified atom stereocenters. The molecule has 0 radical (unpaired) electrons. The summed E-state index contributed by atoms with van der Waals surface area (Å²) in [6.45, 7) is 2.15. The van der Waals surface area contributed by atoms with Gasteiger partial charge in [0.05, 0.1) is 0 Å². The van der Waals surface area contributed by atoms with E-state index in [0.29, 0.717) is 0 Å². The minimum absolute atomic E-state index is 1.02. The molecule has 0 N–H and O–H groups in total. The SMILES string of the molecule is Cc1ccccc1-c1ccc(CP)cc1. The van der Waals surface area contributed by atoms with Gasteiger partial charge in [-0.15, -0.1) is 9.24 Å². The summed E-state index contributed by atoms with van der Waals surface area (Å²) in [6, 6.07) is 17.3. The van der Waals surface area contributed by atoms with E-state index >= 15 is 0 Å². The van der Waals surface area contributed by atoms with Gasteiger partial charge in [-0.1, -0.05) is 48.5 Å². The van der Waals surface area contributed by atoms with Crippen LogP contribution in [0, 0.1) is 6.92 Å². The first-order valence-corrected chi connectivity index (χ1v) is 5.98. The highest BCUT2D eigenvalue weighted by atomic mass is 31.0. The van der Waals surface area contributed by atoms with Crippen molar-refractivity contribution in [2.24, 2.45) is 0 Å². The lowest BCUT2D eigenvalue weighted by atomic mass is 10.00. The van der Waals surface area contributed by atoms with Gasteiger partial charge in [-0.3, -0.25) is 0 Å². The van der Waals surface area contributed by atoms with E-state index in [1.54, 1.807) is 0 Å². The summed E-state index contributed by atoms with van der Waals surface area (Å²) in [6.07, 6.45) is 1.02. The van der Waals surface area contributed by atoms with Crippen LogP contribution in [0.5, 0.6) is 0 Å². The molecule has 1 atom stereocenters. The fraction of sp³-hybridized carbons (Fsp3) is 0.143. The number of benzene rings is 2. The van der Waals surface area contributed by atoms with Crippen molar-refractivity contribution in [3.05, 3.63) is 59.7 Å². The Balaban J connectivity index is 2.42. The third-order valence-electron chi connectivity index (χ3n) is 2.65. The van der Waals surface area contributed by atoms with E-state index in [-0.39, 0.29) is 0 Å². The highest BCUT2D eigenvalue weighted by Crippen LogP contribution is 2.23. The Labute approximate surface area is 93.5 Å². The van der Waals surface area contributed by atoms with Gasteiger partial charge in [-0.05, 0) is 35.3 Å². The van der Waals surface area contributed by atoms with Gasteiger partial charge in [0, 0.05) is 0 Å². The molecule has 76 valence electrons. The fourth-order valence-electron chi connectivity index (χ4n) is 1.72. The van der Waals surface area contributed by atoms with Crippen molar-refractivity contribution < 1.29 is 0 Å². The predicted octanol–water partition coefficient (Wildman–Crippen LogP) is 4.04. The van der Waals surface area contributed by atoms with E-state index in [2.05, 4.69) is 64.7 Å². The van der Waals surface area contributed by atoms with E-state index in [1.807, 2.05) is 0 Å². The van der Waals surface area contributed by atoms with E-state index in [9.17, 15) is 0 Å². The third-order valence-corrected chi connectivity index (χ3v) is 3.12. The van der Waals surface area contributed by atoms with Crippen LogP contribution in [0.15, 0.2) is 48.5 Å². The van der Waals surface area contributed by atoms with Crippen LogP contribution in [0.1, 0.15) is 11.1 Å². The molecule has 0 aliphatic heterocycles. The summed E-state index contributed by atoms with van der Waals surface area (Å²) in [5.74, 6) is 0. The Kier molecular flexibility index (Phi) is 3.18. The molecule has 0 nitrogen and oxygen atoms in total. The molecular weight excluding hydrogens is 199 g/mol. The average molecular weight is 214 g/mol. The molecule has 2 aromatic carbocycles. The van der Waals surface area contributed by atoms with Crippen molar-refractivity contribution in [1.82, 2.24) is 0 Å². The van der Waals surface area contributed by atoms with Crippen LogP contribution in [-0.2, 0) is 6.16 Å². The zero-order valence-electron chi connectivity index (χ0n) is 8.90. The fourth-order valence-corrected chi connectivity index (χ4v) is 1.99. The van der Waals surface area contributed by atoms with Gasteiger partial charge in [0.2, 0.25) is 0 Å². The first-order valence-electron chi connectivity index (χ1n) is 5.16. The summed E-state index contributed by atoms with van der Waals surface area (Å²) in [7, 11) is 2.75. The first kappa shape index (κ1) is 10.4. The first-order chi connectivity index (χ1) is 7.31. The van der Waals surface area contributed by atoms with Crippen molar-refractivity contribution >= 4 is 9.24 Å². The van der Waals surface area contributed by atoms with E-state index < -0.39 is 0 Å². The van der Waals surface area contributed by atoms with Crippen LogP contribution in [0.4, 0.5) is 0 Å². The highest BCUT2D eigenvalue weighted by molar-refractivity contribution is 7.15. The molecular formula is C14H15P. The Hall–Kier alpha value is -1.13. The number of rotatable bonds is 2. The van der Waals surface area contributed by atoms with Crippen molar-refractivity contribution in [2.75, 3.05) is 0 Å². The smallest absolute Gasteiger partial charge is 0.0128 e. The van der Waals surface area contributed by atoms with Crippen LogP contribution in [0.2, 0.25) is 0 Å². The summed E-state index contributed by atoms with van der Waals surface area (Å²) in [5, 5.41) is 0. The topological polar surface area (TPSA) is 0 Å². The molecule has 15 heavy (non-hydrogen) atoms. The Morgan fingerprint density at radius 1 is 0.933 bits per heavy atom. The summed E-state index contributed by atoms with van der Waals surface area (Å²) in [5.41, 5.74) is 5.32. The molecule has 0 heterocycles. The quantitative estimate of drug-likeness (QED) is 0.662. The second-order valence-corrected chi connectivity index (χ2v) is 4.12. The predicted molar refractivity (Wildman–Crippen MR) is 70.0 cm³/mol. The third kappa shape index (κ3) is 2.27. The lowest BCUT2D eigenvalue weighted by Crippen LogP contribution is -1.83. The van der Waals surface area contributed by atoms with Gasteiger partial charge in [0.1, 0.15) is 0 Å². The van der Waals surface area contributed by atoms with Crippen LogP contribution < -0.4 is 0 Å². The zero-order valence-corrected chi connectivity index (χ0v) is 10.1. The van der Waals surface area contributed by atoms with Gasteiger partial charge < -0.3 is 0 Å². The second kappa shape index (κ2) is 4.59. The summed E-state index contributed by atoms with van der Waals surface area (Å²) >= 11 is 0. The molecule has 0 spiro atoms. The van der Waals surface area contributed by atoms with Crippen molar-refractivity contribution in [3.63, 3.8) is 0 Å². The van der Waals surface area contributed by atoms with Gasteiger partial charge in [0.25, 0.3) is 0 Å². The molecule has 0 fully saturated rings. The maximum Gasteiger partial charge on any atom is -0.0128 e. The molecule has 2 aromatic rings. The summed E-state index contributed by atoms with van der Waals surface area (Å²) in [4.78, 5) is 0. The minimum atomic E-state index is 1.02. The monoisotopic (exact) mass is 214 g/mol. The maximum absolute atomic E-state index is 2.75. The van der Waals surface area contributed by atoms with Gasteiger partial charge >= 0.3 is 0 Å². The lowest BCUT2D eigenvalue weighted by Gasteiger charge is -2.06. The Morgan fingerprint density at radius 3 is 2.20 bits per heavy atom. The van der Waals surface area contributed by atoms with Crippen molar-refractivity contribution in [2.45, 2.75) is 13.1 Å². The molecule has 1 heteroatoms.